The van der Waals surface area contributed by atoms with Gasteiger partial charge in [0.05, 0.1) is 5.22 Å². The normalized spacial score (nSPS) is 27.8. The van der Waals surface area contributed by atoms with Gasteiger partial charge in [0.15, 0.2) is 5.70 Å². The fourth-order valence-electron chi connectivity index (χ4n) is 0.925. The summed E-state index contributed by atoms with van der Waals surface area (Å²) in [6.45, 7) is 0. The third kappa shape index (κ3) is 0.570. The van der Waals surface area contributed by atoms with Crippen LogP contribution in [0.5, 0.6) is 0 Å². The van der Waals surface area contributed by atoms with E-state index in [2.05, 4.69) is 16.0 Å². The summed E-state index contributed by atoms with van der Waals surface area (Å²) in [5.41, 5.74) is 3.38. The topological polar surface area (TPSA) is 62.5 Å². The van der Waals surface area contributed by atoms with Gasteiger partial charge in [-0.3, -0.25) is 0 Å². The van der Waals surface area contributed by atoms with Crippen LogP contribution in [0.25, 0.3) is 0 Å². The number of hydrogen-bond donors (Lipinski definition) is 2. The van der Waals surface area contributed by atoms with Gasteiger partial charge in [-0.2, -0.15) is 0 Å². The Labute approximate surface area is 57.3 Å². The van der Waals surface area contributed by atoms with Crippen molar-refractivity contribution in [1.29, 1.82) is 0 Å². The fraction of sp³-hybridized carbons (Fsp3) is 0.200. The van der Waals surface area contributed by atoms with Gasteiger partial charge in [-0.05, 0) is 12.2 Å². The molecule has 0 fully saturated rings. The number of hydroxylamine groups is 1. The summed E-state index contributed by atoms with van der Waals surface area (Å²) in [6, 6.07) is 0. The maximum absolute atomic E-state index is 10.8. The monoisotopic (exact) mass is 138 g/mol. The van der Waals surface area contributed by atoms with Crippen molar-refractivity contribution in [3.63, 3.8) is 0 Å². The molecule has 0 aromatic rings. The van der Waals surface area contributed by atoms with Crippen LogP contribution in [0.4, 0.5) is 0 Å². The molecule has 0 aliphatic carbocycles. The number of nitrogens with one attached hydrogen (secondary N) is 2. The lowest BCUT2D eigenvalue weighted by Crippen LogP contribution is -2.34. The van der Waals surface area contributed by atoms with Crippen LogP contribution >= 0.6 is 0 Å². The van der Waals surface area contributed by atoms with E-state index in [-0.39, 0.29) is 6.17 Å². The molecule has 1 atom stereocenters. The molecule has 2 N–H and O–H groups in total. The summed E-state index contributed by atoms with van der Waals surface area (Å²) >= 11 is 0. The second kappa shape index (κ2) is 1.73. The van der Waals surface area contributed by atoms with Gasteiger partial charge in [0.2, 0.25) is 0 Å². The Hall–Kier alpha value is -1.52. The van der Waals surface area contributed by atoms with Gasteiger partial charge in [0.1, 0.15) is 0 Å². The van der Waals surface area contributed by atoms with Gasteiger partial charge < -0.3 is 10.5 Å². The summed E-state index contributed by atoms with van der Waals surface area (Å²) in [5.74, 6) is 0. The molecule has 0 saturated heterocycles. The van der Waals surface area contributed by atoms with E-state index in [9.17, 15) is 5.21 Å². The molecule has 2 heterocycles. The van der Waals surface area contributed by atoms with Crippen molar-refractivity contribution in [2.45, 2.75) is 6.17 Å². The highest BCUT2D eigenvalue weighted by Crippen LogP contribution is 2.09. The quantitative estimate of drug-likeness (QED) is 0.359. The van der Waals surface area contributed by atoms with Gasteiger partial charge in [0.25, 0.3) is 6.17 Å². The van der Waals surface area contributed by atoms with Crippen LogP contribution in [-0.4, -0.2) is 11.0 Å². The lowest BCUT2D eigenvalue weighted by Gasteiger charge is -2.12. The minimum absolute atomic E-state index is 0.343. The molecule has 0 bridgehead atoms. The first-order chi connectivity index (χ1) is 4.88. The van der Waals surface area contributed by atoms with E-state index < -0.39 is 0 Å². The smallest absolute Gasteiger partial charge is 0.255 e. The van der Waals surface area contributed by atoms with E-state index in [4.69, 9.17) is 0 Å². The van der Waals surface area contributed by atoms with Crippen LogP contribution in [0.15, 0.2) is 29.3 Å². The van der Waals surface area contributed by atoms with Crippen LogP contribution in [0, 0.1) is 5.21 Å². The predicted molar refractivity (Wildman–Crippen MR) is 33.3 cm³/mol. The van der Waals surface area contributed by atoms with Crippen molar-refractivity contribution in [3.8, 4) is 0 Å². The Morgan fingerprint density at radius 3 is 3.40 bits per heavy atom. The molecule has 0 spiro atoms. The van der Waals surface area contributed by atoms with E-state index >= 15 is 0 Å². The van der Waals surface area contributed by atoms with Crippen LogP contribution in [-0.2, 0) is 0 Å². The zero-order valence-electron chi connectivity index (χ0n) is 5.11. The number of nitrogens with zero attached hydrogens (tertiary/aromatic N) is 2. The second-order valence-electron chi connectivity index (χ2n) is 2.06. The van der Waals surface area contributed by atoms with E-state index in [1.54, 1.807) is 6.20 Å². The Kier molecular flexibility index (Phi) is 0.913. The Morgan fingerprint density at radius 2 is 2.60 bits per heavy atom. The van der Waals surface area contributed by atoms with Crippen molar-refractivity contribution in [1.82, 2.24) is 10.7 Å². The highest BCUT2D eigenvalue weighted by atomic mass is 16.5. The highest BCUT2D eigenvalue weighted by Gasteiger charge is 2.28. The average molecular weight is 138 g/mol. The zero-order valence-corrected chi connectivity index (χ0v) is 5.11. The van der Waals surface area contributed by atoms with Gasteiger partial charge in [-0.25, -0.2) is 0 Å². The number of fused-ring (bicyclic) bond motifs is 1. The van der Waals surface area contributed by atoms with Crippen LogP contribution in [0.3, 0.4) is 0 Å². The SMILES string of the molecule is [O-][N+]1=NNC2=CC=CNC21. The maximum atomic E-state index is 10.8. The van der Waals surface area contributed by atoms with Crippen molar-refractivity contribution in [3.05, 3.63) is 29.3 Å². The summed E-state index contributed by atoms with van der Waals surface area (Å²) in [4.78, 5) is 0.593. The molecular weight excluding hydrogens is 132 g/mol. The molecule has 52 valence electrons. The predicted octanol–water partition coefficient (Wildman–Crippen LogP) is -0.206. The third-order valence-electron chi connectivity index (χ3n) is 1.42. The molecule has 2 rings (SSSR count). The summed E-state index contributed by atoms with van der Waals surface area (Å²) in [5, 5.41) is 17.0. The minimum atomic E-state index is -0.343. The molecule has 0 saturated carbocycles. The van der Waals surface area contributed by atoms with E-state index in [0.717, 1.165) is 5.70 Å². The van der Waals surface area contributed by atoms with Gasteiger partial charge >= 0.3 is 0 Å². The summed E-state index contributed by atoms with van der Waals surface area (Å²) in [7, 11) is 0. The van der Waals surface area contributed by atoms with Crippen LogP contribution < -0.4 is 10.7 Å². The maximum Gasteiger partial charge on any atom is 0.255 e. The zero-order chi connectivity index (χ0) is 6.97. The fourth-order valence-corrected chi connectivity index (χ4v) is 0.925. The molecule has 10 heavy (non-hydrogen) atoms. The first-order valence-electron chi connectivity index (χ1n) is 2.94. The molecule has 2 aliphatic rings. The molecule has 1 unspecified atom stereocenters. The van der Waals surface area contributed by atoms with E-state index in [1.807, 2.05) is 12.2 Å². The van der Waals surface area contributed by atoms with Gasteiger partial charge in [0, 0.05) is 6.20 Å². The van der Waals surface area contributed by atoms with Crippen molar-refractivity contribution in [2.75, 3.05) is 0 Å². The molecule has 5 heteroatoms. The number of dihydropyridines is 1. The Morgan fingerprint density at radius 1 is 1.70 bits per heavy atom. The number of allylic oxidation sites excluding steroid dienone is 2. The lowest BCUT2D eigenvalue weighted by molar-refractivity contribution is -0.552. The van der Waals surface area contributed by atoms with E-state index in [1.165, 1.54) is 0 Å². The number of hydrogen-bond acceptors (Lipinski definition) is 4. The van der Waals surface area contributed by atoms with E-state index in [0.29, 0.717) is 4.86 Å². The molecule has 2 aliphatic heterocycles. The first-order valence-corrected chi connectivity index (χ1v) is 2.94. The molecular formula is C5H6N4O. The van der Waals surface area contributed by atoms with Gasteiger partial charge in [-0.15, -0.1) is 10.3 Å². The summed E-state index contributed by atoms with van der Waals surface area (Å²) in [6.07, 6.45) is 4.99. The third-order valence-corrected chi connectivity index (χ3v) is 1.42. The van der Waals surface area contributed by atoms with Crippen molar-refractivity contribution >= 4 is 0 Å². The minimum Gasteiger partial charge on any atom is -0.694 e. The van der Waals surface area contributed by atoms with Crippen LogP contribution in [0.2, 0.25) is 0 Å². The van der Waals surface area contributed by atoms with Gasteiger partial charge in [-0.1, -0.05) is 0 Å². The number of rotatable bonds is 0. The van der Waals surface area contributed by atoms with Crippen LogP contribution in [0.1, 0.15) is 0 Å². The van der Waals surface area contributed by atoms with Crippen molar-refractivity contribution in [2.24, 2.45) is 5.22 Å². The molecule has 5 nitrogen and oxygen atoms in total. The van der Waals surface area contributed by atoms with Crippen molar-refractivity contribution < 1.29 is 4.86 Å². The molecule has 0 amide bonds. The largest absolute Gasteiger partial charge is 0.694 e. The average Bonchev–Trinajstić information content (AvgIpc) is 2.34. The molecule has 0 radical (unpaired) electrons. The molecule has 0 aromatic carbocycles. The first kappa shape index (κ1) is 5.28. The second-order valence-corrected chi connectivity index (χ2v) is 2.06. The Bertz CT molecular complexity index is 242. The summed E-state index contributed by atoms with van der Waals surface area (Å²) < 4.78 is 0. The Balaban J connectivity index is 2.30. The standard InChI is InChI=1S/C5H6N4O/c10-9-5-4(7-8-9)2-1-3-6-5/h1-3,5-7H. The highest BCUT2D eigenvalue weighted by molar-refractivity contribution is 5.19. The molecule has 0 aromatic heterocycles. The lowest BCUT2D eigenvalue weighted by atomic mass is 10.3.